The SMILES string of the molecule is CC(C)CC1(C)NC(=N)N(CC2CCN(C3c4ccc(Cl)cc4CCc4cccnc43)CC2)C1=O. The molecule has 2 N–H and O–H groups in total. The fourth-order valence-corrected chi connectivity index (χ4v) is 6.51. The van der Waals surface area contributed by atoms with Gasteiger partial charge in [0.2, 0.25) is 0 Å². The summed E-state index contributed by atoms with van der Waals surface area (Å²) in [7, 11) is 0. The molecule has 1 aromatic heterocycles. The van der Waals surface area contributed by atoms with E-state index < -0.39 is 5.54 Å². The van der Waals surface area contributed by atoms with Crippen LogP contribution in [-0.2, 0) is 17.6 Å². The third kappa shape index (κ3) is 4.70. The van der Waals surface area contributed by atoms with E-state index in [9.17, 15) is 4.79 Å². The number of aryl methyl sites for hydroxylation is 2. The maximum atomic E-state index is 13.2. The molecule has 0 spiro atoms. The van der Waals surface area contributed by atoms with Gasteiger partial charge in [0.05, 0.1) is 11.7 Å². The number of pyridine rings is 1. The number of carbonyl (C=O) groups is 1. The van der Waals surface area contributed by atoms with Gasteiger partial charge in [-0.25, -0.2) is 0 Å². The highest BCUT2D eigenvalue weighted by molar-refractivity contribution is 6.30. The molecule has 6 nitrogen and oxygen atoms in total. The lowest BCUT2D eigenvalue weighted by molar-refractivity contribution is -0.131. The molecule has 0 saturated carbocycles. The van der Waals surface area contributed by atoms with E-state index in [4.69, 9.17) is 22.0 Å². The quantitative estimate of drug-likeness (QED) is 0.627. The molecule has 0 radical (unpaired) electrons. The van der Waals surface area contributed by atoms with Crippen molar-refractivity contribution in [1.29, 1.82) is 5.41 Å². The molecule has 2 aliphatic heterocycles. The minimum Gasteiger partial charge on any atom is -0.342 e. The van der Waals surface area contributed by atoms with Crippen molar-refractivity contribution < 1.29 is 4.79 Å². The number of nitrogens with zero attached hydrogens (tertiary/aromatic N) is 3. The normalized spacial score (nSPS) is 25.4. The summed E-state index contributed by atoms with van der Waals surface area (Å²) in [6, 6.07) is 10.7. The van der Waals surface area contributed by atoms with Crippen molar-refractivity contribution in [2.24, 2.45) is 11.8 Å². The zero-order valence-electron chi connectivity index (χ0n) is 21.0. The van der Waals surface area contributed by atoms with Gasteiger partial charge >= 0.3 is 0 Å². The molecule has 5 rings (SSSR count). The van der Waals surface area contributed by atoms with E-state index in [1.54, 1.807) is 4.90 Å². The first-order valence-corrected chi connectivity index (χ1v) is 13.3. The topological polar surface area (TPSA) is 72.3 Å². The number of nitrogens with one attached hydrogen (secondary N) is 2. The lowest BCUT2D eigenvalue weighted by Gasteiger charge is -2.39. The van der Waals surface area contributed by atoms with Crippen molar-refractivity contribution in [1.82, 2.24) is 20.1 Å². The van der Waals surface area contributed by atoms with E-state index in [1.165, 1.54) is 16.7 Å². The van der Waals surface area contributed by atoms with Gasteiger partial charge in [-0.3, -0.25) is 25.0 Å². The lowest BCUT2D eigenvalue weighted by atomic mass is 9.89. The highest BCUT2D eigenvalue weighted by Gasteiger charge is 2.46. The van der Waals surface area contributed by atoms with Crippen molar-refractivity contribution >= 4 is 23.5 Å². The van der Waals surface area contributed by atoms with Crippen LogP contribution < -0.4 is 5.32 Å². The zero-order valence-corrected chi connectivity index (χ0v) is 21.7. The molecule has 1 aliphatic carbocycles. The Morgan fingerprint density at radius 2 is 1.94 bits per heavy atom. The summed E-state index contributed by atoms with van der Waals surface area (Å²) in [6.45, 7) is 8.69. The van der Waals surface area contributed by atoms with Crippen LogP contribution in [0, 0.1) is 17.2 Å². The van der Waals surface area contributed by atoms with Gasteiger partial charge in [-0.05, 0) is 98.8 Å². The summed E-state index contributed by atoms with van der Waals surface area (Å²) in [5.41, 5.74) is 4.45. The van der Waals surface area contributed by atoms with Gasteiger partial charge in [0.15, 0.2) is 5.96 Å². The Balaban J connectivity index is 1.31. The molecule has 0 bridgehead atoms. The first-order chi connectivity index (χ1) is 16.7. The maximum absolute atomic E-state index is 13.2. The molecular formula is C28H36ClN5O. The van der Waals surface area contributed by atoms with E-state index in [1.807, 2.05) is 25.3 Å². The molecule has 2 unspecified atom stereocenters. The number of fused-ring (bicyclic) bond motifs is 2. The molecule has 3 heterocycles. The van der Waals surface area contributed by atoms with Crippen LogP contribution >= 0.6 is 11.6 Å². The van der Waals surface area contributed by atoms with Crippen LogP contribution in [0.5, 0.6) is 0 Å². The lowest BCUT2D eigenvalue weighted by Crippen LogP contribution is -2.46. The number of likely N-dealkylation sites (tertiary alicyclic amines) is 1. The van der Waals surface area contributed by atoms with Crippen LogP contribution in [-0.4, -0.2) is 51.8 Å². The van der Waals surface area contributed by atoms with Gasteiger partial charge in [0.1, 0.15) is 5.54 Å². The number of hydrogen-bond acceptors (Lipinski definition) is 4. The zero-order chi connectivity index (χ0) is 24.7. The monoisotopic (exact) mass is 493 g/mol. The van der Waals surface area contributed by atoms with Gasteiger partial charge in [0, 0.05) is 17.8 Å². The largest absolute Gasteiger partial charge is 0.342 e. The second kappa shape index (κ2) is 9.55. The van der Waals surface area contributed by atoms with Crippen molar-refractivity contribution in [2.75, 3.05) is 19.6 Å². The molecule has 2 saturated heterocycles. The first kappa shape index (κ1) is 24.3. The molecule has 1 aromatic carbocycles. The summed E-state index contributed by atoms with van der Waals surface area (Å²) in [5, 5.41) is 12.4. The number of amides is 1. The predicted molar refractivity (Wildman–Crippen MR) is 140 cm³/mol. The molecular weight excluding hydrogens is 458 g/mol. The number of piperidine rings is 1. The van der Waals surface area contributed by atoms with Crippen LogP contribution in [0.1, 0.15) is 68.5 Å². The number of carbonyl (C=O) groups excluding carboxylic acids is 1. The van der Waals surface area contributed by atoms with Crippen molar-refractivity contribution in [3.05, 3.63) is 63.9 Å². The Kier molecular flexibility index (Phi) is 6.62. The van der Waals surface area contributed by atoms with Gasteiger partial charge in [-0.15, -0.1) is 0 Å². The Labute approximate surface area is 213 Å². The van der Waals surface area contributed by atoms with Crippen molar-refractivity contribution in [3.8, 4) is 0 Å². The number of rotatable bonds is 5. The van der Waals surface area contributed by atoms with E-state index in [0.717, 1.165) is 55.9 Å². The van der Waals surface area contributed by atoms with Gasteiger partial charge in [-0.1, -0.05) is 37.6 Å². The van der Waals surface area contributed by atoms with Gasteiger partial charge in [-0.2, -0.15) is 0 Å². The maximum Gasteiger partial charge on any atom is 0.254 e. The highest BCUT2D eigenvalue weighted by Crippen LogP contribution is 2.39. The van der Waals surface area contributed by atoms with Crippen molar-refractivity contribution in [2.45, 2.75) is 64.5 Å². The summed E-state index contributed by atoms with van der Waals surface area (Å²) in [4.78, 5) is 22.3. The number of halogens is 1. The van der Waals surface area contributed by atoms with Crippen LogP contribution in [0.3, 0.4) is 0 Å². The summed E-state index contributed by atoms with van der Waals surface area (Å²) >= 11 is 6.36. The minimum absolute atomic E-state index is 0.0475. The average Bonchev–Trinajstić information content (AvgIpc) is 2.95. The minimum atomic E-state index is -0.660. The van der Waals surface area contributed by atoms with Crippen LogP contribution in [0.25, 0.3) is 0 Å². The van der Waals surface area contributed by atoms with E-state index in [2.05, 4.69) is 42.3 Å². The van der Waals surface area contributed by atoms with Gasteiger partial charge in [0.25, 0.3) is 5.91 Å². The molecule has 186 valence electrons. The number of hydrogen-bond donors (Lipinski definition) is 2. The molecule has 1 amide bonds. The van der Waals surface area contributed by atoms with Crippen LogP contribution in [0.4, 0.5) is 0 Å². The standard InChI is InChI=1S/C28H36ClN5O/c1-18(2)16-28(3)26(35)34(27(30)32-28)17-19-10-13-33(14-11-19)25-23-9-8-22(29)15-21(23)7-6-20-5-4-12-31-24(20)25/h4-5,8-9,12,15,18-19,25H,6-7,10-11,13-14,16-17H2,1-3H3,(H2,30,32). The Hall–Kier alpha value is -2.44. The van der Waals surface area contributed by atoms with E-state index >= 15 is 0 Å². The molecule has 2 atom stereocenters. The van der Waals surface area contributed by atoms with E-state index in [0.29, 0.717) is 18.4 Å². The average molecular weight is 494 g/mol. The smallest absolute Gasteiger partial charge is 0.254 e. The summed E-state index contributed by atoms with van der Waals surface area (Å²) in [6.07, 6.45) is 6.60. The van der Waals surface area contributed by atoms with E-state index in [-0.39, 0.29) is 17.9 Å². The van der Waals surface area contributed by atoms with Crippen molar-refractivity contribution in [3.63, 3.8) is 0 Å². The predicted octanol–water partition coefficient (Wildman–Crippen LogP) is 4.81. The molecule has 3 aliphatic rings. The second-order valence-electron chi connectivity index (χ2n) is 11.1. The fourth-order valence-electron chi connectivity index (χ4n) is 6.31. The first-order valence-electron chi connectivity index (χ1n) is 12.9. The third-order valence-electron chi connectivity index (χ3n) is 7.90. The second-order valence-corrected chi connectivity index (χ2v) is 11.5. The highest BCUT2D eigenvalue weighted by atomic mass is 35.5. The number of aromatic nitrogens is 1. The molecule has 2 aromatic rings. The van der Waals surface area contributed by atoms with Crippen LogP contribution in [0.15, 0.2) is 36.5 Å². The summed E-state index contributed by atoms with van der Waals surface area (Å²) < 4.78 is 0. The Morgan fingerprint density at radius 1 is 1.20 bits per heavy atom. The molecule has 35 heavy (non-hydrogen) atoms. The number of benzene rings is 1. The number of guanidine groups is 1. The summed E-state index contributed by atoms with van der Waals surface area (Å²) in [5.74, 6) is 1.08. The third-order valence-corrected chi connectivity index (χ3v) is 8.14. The fraction of sp³-hybridized carbons (Fsp3) is 0.536. The Bertz CT molecular complexity index is 1130. The Morgan fingerprint density at radius 3 is 2.69 bits per heavy atom. The molecule has 7 heteroatoms. The van der Waals surface area contributed by atoms with Gasteiger partial charge < -0.3 is 5.32 Å². The molecule has 2 fully saturated rings. The van der Waals surface area contributed by atoms with Crippen LogP contribution in [0.2, 0.25) is 5.02 Å².